The first-order valence-corrected chi connectivity index (χ1v) is 5.62. The van der Waals surface area contributed by atoms with Crippen LogP contribution in [0.25, 0.3) is 5.65 Å². The van der Waals surface area contributed by atoms with E-state index in [1.165, 1.54) is 4.68 Å². The lowest BCUT2D eigenvalue weighted by Gasteiger charge is -2.04. The average Bonchev–Trinajstić information content (AvgIpc) is 2.56. The Kier molecular flexibility index (Phi) is 2.58. The van der Waals surface area contributed by atoms with Gasteiger partial charge < -0.3 is 0 Å². The monoisotopic (exact) mass is 219 g/mol. The van der Waals surface area contributed by atoms with Crippen LogP contribution >= 0.6 is 0 Å². The predicted octanol–water partition coefficient (Wildman–Crippen LogP) is 2.20. The van der Waals surface area contributed by atoms with Crippen molar-refractivity contribution in [1.82, 2.24) is 14.2 Å². The molecule has 0 aliphatic heterocycles. The molecule has 4 heteroatoms. The second kappa shape index (κ2) is 3.77. The molecule has 0 N–H and O–H groups in total. The zero-order chi connectivity index (χ0) is 11.9. The van der Waals surface area contributed by atoms with Crippen LogP contribution in [0.4, 0.5) is 0 Å². The van der Waals surface area contributed by atoms with Gasteiger partial charge in [0.25, 0.3) is 0 Å². The molecule has 0 fully saturated rings. The first-order valence-electron chi connectivity index (χ1n) is 5.62. The van der Waals surface area contributed by atoms with Gasteiger partial charge in [-0.2, -0.15) is 0 Å². The largest absolute Gasteiger partial charge is 0.350 e. The molecular weight excluding hydrogens is 202 g/mol. The normalized spacial score (nSPS) is 11.9. The molecule has 2 aromatic heterocycles. The second-order valence-electron chi connectivity index (χ2n) is 4.63. The summed E-state index contributed by atoms with van der Waals surface area (Å²) in [5, 5.41) is 4.40. The Balaban J connectivity index is 2.81. The summed E-state index contributed by atoms with van der Waals surface area (Å²) in [7, 11) is 0. The minimum absolute atomic E-state index is 0.0625. The van der Waals surface area contributed by atoms with Crippen LogP contribution in [0.3, 0.4) is 0 Å². The molecule has 0 atom stereocenters. The molecular formula is C12H17N3O. The van der Waals surface area contributed by atoms with E-state index in [0.717, 1.165) is 11.2 Å². The highest BCUT2D eigenvalue weighted by Crippen LogP contribution is 2.18. The van der Waals surface area contributed by atoms with Crippen LogP contribution in [-0.4, -0.2) is 14.2 Å². The van der Waals surface area contributed by atoms with Crippen molar-refractivity contribution in [3.8, 4) is 0 Å². The van der Waals surface area contributed by atoms with E-state index >= 15 is 0 Å². The summed E-state index contributed by atoms with van der Waals surface area (Å²) >= 11 is 0. The highest BCUT2D eigenvalue weighted by molar-refractivity contribution is 5.48. The summed E-state index contributed by atoms with van der Waals surface area (Å²) in [6.45, 7) is 8.13. The van der Waals surface area contributed by atoms with Crippen LogP contribution in [0.15, 0.2) is 23.1 Å². The lowest BCUT2D eigenvalue weighted by Crippen LogP contribution is -2.22. The molecule has 0 radical (unpaired) electrons. The Hall–Kier alpha value is -1.58. The van der Waals surface area contributed by atoms with E-state index in [0.29, 0.717) is 5.92 Å². The highest BCUT2D eigenvalue weighted by Gasteiger charge is 2.13. The number of aromatic nitrogens is 3. The fraction of sp³-hybridized carbons (Fsp3) is 0.500. The van der Waals surface area contributed by atoms with E-state index in [4.69, 9.17) is 0 Å². The standard InChI is InChI=1S/C12H17N3O/c1-8(2)10-6-5-7-14-11(10)13-15(9(3)4)12(14)16/h5-9H,1-4H3. The summed E-state index contributed by atoms with van der Waals surface area (Å²) < 4.78 is 3.15. The van der Waals surface area contributed by atoms with E-state index in [1.54, 1.807) is 10.6 Å². The molecule has 2 rings (SSSR count). The van der Waals surface area contributed by atoms with E-state index < -0.39 is 0 Å². The van der Waals surface area contributed by atoms with Crippen molar-refractivity contribution in [1.29, 1.82) is 0 Å². The molecule has 0 unspecified atom stereocenters. The van der Waals surface area contributed by atoms with Crippen LogP contribution in [0.2, 0.25) is 0 Å². The van der Waals surface area contributed by atoms with E-state index in [1.807, 2.05) is 26.0 Å². The van der Waals surface area contributed by atoms with Crippen LogP contribution in [0.1, 0.15) is 45.2 Å². The minimum Gasteiger partial charge on any atom is -0.250 e. The number of pyridine rings is 1. The van der Waals surface area contributed by atoms with Crippen LogP contribution in [-0.2, 0) is 0 Å². The van der Waals surface area contributed by atoms with Gasteiger partial charge in [-0.05, 0) is 31.4 Å². The van der Waals surface area contributed by atoms with Gasteiger partial charge in [-0.15, -0.1) is 5.10 Å². The van der Waals surface area contributed by atoms with Crippen LogP contribution in [0.5, 0.6) is 0 Å². The number of fused-ring (bicyclic) bond motifs is 1. The molecule has 4 nitrogen and oxygen atoms in total. The third-order valence-corrected chi connectivity index (χ3v) is 2.71. The lowest BCUT2D eigenvalue weighted by atomic mass is 10.1. The maximum absolute atomic E-state index is 12.0. The molecule has 0 saturated heterocycles. The van der Waals surface area contributed by atoms with Gasteiger partial charge in [0.15, 0.2) is 5.65 Å². The first kappa shape index (κ1) is 10.9. The predicted molar refractivity (Wildman–Crippen MR) is 63.9 cm³/mol. The summed E-state index contributed by atoms with van der Waals surface area (Å²) in [5.41, 5.74) is 1.82. The van der Waals surface area contributed by atoms with Gasteiger partial charge in [-0.25, -0.2) is 9.48 Å². The Morgan fingerprint density at radius 1 is 1.25 bits per heavy atom. The van der Waals surface area contributed by atoms with Gasteiger partial charge >= 0.3 is 5.69 Å². The van der Waals surface area contributed by atoms with Crippen LogP contribution < -0.4 is 5.69 Å². The highest BCUT2D eigenvalue weighted by atomic mass is 16.2. The van der Waals surface area contributed by atoms with E-state index in [2.05, 4.69) is 18.9 Å². The molecule has 86 valence electrons. The molecule has 0 aliphatic rings. The molecule has 0 aromatic carbocycles. The minimum atomic E-state index is -0.0625. The number of hydrogen-bond acceptors (Lipinski definition) is 2. The smallest absolute Gasteiger partial charge is 0.250 e. The molecule has 0 amide bonds. The Morgan fingerprint density at radius 3 is 2.50 bits per heavy atom. The van der Waals surface area contributed by atoms with Crippen molar-refractivity contribution < 1.29 is 0 Å². The van der Waals surface area contributed by atoms with Crippen molar-refractivity contribution in [2.75, 3.05) is 0 Å². The molecule has 0 spiro atoms. The molecule has 0 bridgehead atoms. The summed E-state index contributed by atoms with van der Waals surface area (Å²) in [6.07, 6.45) is 1.77. The quantitative estimate of drug-likeness (QED) is 0.776. The van der Waals surface area contributed by atoms with Gasteiger partial charge in [-0.1, -0.05) is 19.9 Å². The molecule has 0 saturated carbocycles. The SMILES string of the molecule is CC(C)c1cccn2c(=O)n(C(C)C)nc12. The van der Waals surface area contributed by atoms with E-state index in [9.17, 15) is 4.79 Å². The number of rotatable bonds is 2. The fourth-order valence-electron chi connectivity index (χ4n) is 1.82. The second-order valence-corrected chi connectivity index (χ2v) is 4.63. The summed E-state index contributed by atoms with van der Waals surface area (Å²) in [4.78, 5) is 12.0. The first-order chi connectivity index (χ1) is 7.52. The maximum Gasteiger partial charge on any atom is 0.350 e. The molecule has 2 heterocycles. The Bertz CT molecular complexity index is 563. The number of hydrogen-bond donors (Lipinski definition) is 0. The Morgan fingerprint density at radius 2 is 1.94 bits per heavy atom. The Labute approximate surface area is 94.5 Å². The molecule has 16 heavy (non-hydrogen) atoms. The zero-order valence-corrected chi connectivity index (χ0v) is 10.1. The summed E-state index contributed by atoms with van der Waals surface area (Å²) in [5.74, 6) is 0.367. The van der Waals surface area contributed by atoms with Crippen molar-refractivity contribution in [3.05, 3.63) is 34.4 Å². The van der Waals surface area contributed by atoms with E-state index in [-0.39, 0.29) is 11.7 Å². The van der Waals surface area contributed by atoms with Crippen molar-refractivity contribution >= 4 is 5.65 Å². The third kappa shape index (κ3) is 1.54. The van der Waals surface area contributed by atoms with Gasteiger partial charge in [0.1, 0.15) is 0 Å². The maximum atomic E-state index is 12.0. The average molecular weight is 219 g/mol. The van der Waals surface area contributed by atoms with Crippen LogP contribution in [0, 0.1) is 0 Å². The van der Waals surface area contributed by atoms with Crippen molar-refractivity contribution in [3.63, 3.8) is 0 Å². The molecule has 0 aliphatic carbocycles. The van der Waals surface area contributed by atoms with Gasteiger partial charge in [-0.3, -0.25) is 4.40 Å². The summed E-state index contributed by atoms with van der Waals surface area (Å²) in [6, 6.07) is 4.01. The molecule has 2 aromatic rings. The third-order valence-electron chi connectivity index (χ3n) is 2.71. The zero-order valence-electron chi connectivity index (χ0n) is 10.1. The lowest BCUT2D eigenvalue weighted by molar-refractivity contribution is 0.514. The van der Waals surface area contributed by atoms with Gasteiger partial charge in [0, 0.05) is 6.20 Å². The van der Waals surface area contributed by atoms with Crippen molar-refractivity contribution in [2.24, 2.45) is 0 Å². The fourth-order valence-corrected chi connectivity index (χ4v) is 1.82. The van der Waals surface area contributed by atoms with Crippen molar-refractivity contribution in [2.45, 2.75) is 39.7 Å². The van der Waals surface area contributed by atoms with Gasteiger partial charge in [0.2, 0.25) is 0 Å². The number of nitrogens with zero attached hydrogens (tertiary/aromatic N) is 3. The van der Waals surface area contributed by atoms with Gasteiger partial charge in [0.05, 0.1) is 6.04 Å². The topological polar surface area (TPSA) is 39.3 Å².